The van der Waals surface area contributed by atoms with Crippen LogP contribution in [0.4, 0.5) is 0 Å². The zero-order valence-electron chi connectivity index (χ0n) is 7.13. The van der Waals surface area contributed by atoms with Crippen molar-refractivity contribution in [2.24, 2.45) is 5.16 Å². The number of rotatable bonds is 0. The van der Waals surface area contributed by atoms with Crippen molar-refractivity contribution in [1.82, 2.24) is 0 Å². The fourth-order valence-electron chi connectivity index (χ4n) is 1.42. The lowest BCUT2D eigenvalue weighted by molar-refractivity contribution is 0.298. The summed E-state index contributed by atoms with van der Waals surface area (Å²) in [6.45, 7) is 0.451. The predicted octanol–water partition coefficient (Wildman–Crippen LogP) is 2.95. The van der Waals surface area contributed by atoms with Crippen LogP contribution in [0.2, 0.25) is 10.0 Å². The van der Waals surface area contributed by atoms with Gasteiger partial charge in [0.1, 0.15) is 5.75 Å². The smallest absolute Gasteiger partial charge is 0.148 e. The molecule has 1 aliphatic heterocycles. The normalized spacial score (nSPS) is 17.7. The molecule has 74 valence electrons. The molecule has 1 aliphatic rings. The zero-order chi connectivity index (χ0) is 10.1. The van der Waals surface area contributed by atoms with Crippen LogP contribution < -0.4 is 4.74 Å². The summed E-state index contributed by atoms with van der Waals surface area (Å²) in [7, 11) is 0. The first-order chi connectivity index (χ1) is 6.74. The molecule has 0 aromatic heterocycles. The van der Waals surface area contributed by atoms with Gasteiger partial charge in [0.15, 0.2) is 0 Å². The number of halogens is 2. The highest BCUT2D eigenvalue weighted by Gasteiger charge is 2.22. The van der Waals surface area contributed by atoms with Gasteiger partial charge in [-0.15, -0.1) is 0 Å². The van der Waals surface area contributed by atoms with E-state index in [2.05, 4.69) is 5.16 Å². The summed E-state index contributed by atoms with van der Waals surface area (Å²) in [6.07, 6.45) is 0.531. The van der Waals surface area contributed by atoms with Crippen LogP contribution in [0.3, 0.4) is 0 Å². The number of hydrogen-bond acceptors (Lipinski definition) is 3. The van der Waals surface area contributed by atoms with Gasteiger partial charge in [-0.25, -0.2) is 0 Å². The third-order valence-electron chi connectivity index (χ3n) is 2.05. The van der Waals surface area contributed by atoms with Crippen molar-refractivity contribution < 1.29 is 9.94 Å². The standard InChI is InChI=1S/C9H7Cl2NO2/c10-5-1-2-6(11)9-8(5)7(12-13)3-4-14-9/h1-2,13H,3-4H2/b12-7-. The lowest BCUT2D eigenvalue weighted by atomic mass is 10.0. The Hall–Kier alpha value is -0.930. The molecule has 0 atom stereocenters. The first kappa shape index (κ1) is 9.62. The van der Waals surface area contributed by atoms with Crippen molar-refractivity contribution in [2.45, 2.75) is 6.42 Å². The Morgan fingerprint density at radius 2 is 2.00 bits per heavy atom. The van der Waals surface area contributed by atoms with Gasteiger partial charge < -0.3 is 9.94 Å². The fourth-order valence-corrected chi connectivity index (χ4v) is 1.89. The minimum atomic E-state index is 0.451. The van der Waals surface area contributed by atoms with Gasteiger partial charge >= 0.3 is 0 Å². The topological polar surface area (TPSA) is 41.8 Å². The van der Waals surface area contributed by atoms with E-state index in [1.165, 1.54) is 0 Å². The molecule has 2 rings (SSSR count). The van der Waals surface area contributed by atoms with Crippen molar-refractivity contribution in [3.05, 3.63) is 27.7 Å². The third-order valence-corrected chi connectivity index (χ3v) is 2.67. The van der Waals surface area contributed by atoms with Gasteiger partial charge in [-0.3, -0.25) is 0 Å². The number of nitrogens with zero attached hydrogens (tertiary/aromatic N) is 1. The monoisotopic (exact) mass is 231 g/mol. The lowest BCUT2D eigenvalue weighted by Crippen LogP contribution is -2.17. The molecular weight excluding hydrogens is 225 g/mol. The number of ether oxygens (including phenoxy) is 1. The Morgan fingerprint density at radius 3 is 2.71 bits per heavy atom. The van der Waals surface area contributed by atoms with Crippen molar-refractivity contribution >= 4 is 28.9 Å². The average molecular weight is 232 g/mol. The van der Waals surface area contributed by atoms with E-state index < -0.39 is 0 Å². The van der Waals surface area contributed by atoms with Crippen LogP contribution in [0, 0.1) is 0 Å². The van der Waals surface area contributed by atoms with E-state index in [9.17, 15) is 0 Å². The molecule has 0 aliphatic carbocycles. The van der Waals surface area contributed by atoms with Crippen molar-refractivity contribution in [1.29, 1.82) is 0 Å². The molecule has 14 heavy (non-hydrogen) atoms. The SMILES string of the molecule is O/N=C1/CCOc2c(Cl)ccc(Cl)c21. The Kier molecular flexibility index (Phi) is 2.52. The van der Waals surface area contributed by atoms with E-state index in [4.69, 9.17) is 33.1 Å². The Morgan fingerprint density at radius 1 is 1.29 bits per heavy atom. The van der Waals surface area contributed by atoms with Gasteiger partial charge in [0.25, 0.3) is 0 Å². The van der Waals surface area contributed by atoms with Gasteiger partial charge in [-0.1, -0.05) is 28.4 Å². The molecule has 0 fully saturated rings. The first-order valence-electron chi connectivity index (χ1n) is 4.06. The quantitative estimate of drug-likeness (QED) is 0.551. The second kappa shape index (κ2) is 3.67. The zero-order valence-corrected chi connectivity index (χ0v) is 8.64. The summed E-state index contributed by atoms with van der Waals surface area (Å²) in [5.41, 5.74) is 1.10. The molecule has 0 unspecified atom stereocenters. The molecule has 0 saturated carbocycles. The molecule has 0 saturated heterocycles. The van der Waals surface area contributed by atoms with Gasteiger partial charge in [0, 0.05) is 6.42 Å². The van der Waals surface area contributed by atoms with E-state index in [-0.39, 0.29) is 0 Å². The Bertz CT molecular complexity index is 404. The van der Waals surface area contributed by atoms with Crippen molar-refractivity contribution in [2.75, 3.05) is 6.61 Å². The maximum absolute atomic E-state index is 8.78. The molecule has 0 radical (unpaired) electrons. The summed E-state index contributed by atoms with van der Waals surface area (Å²) in [5, 5.41) is 12.9. The maximum atomic E-state index is 8.78. The van der Waals surface area contributed by atoms with Gasteiger partial charge in [0.05, 0.1) is 27.9 Å². The van der Waals surface area contributed by atoms with E-state index in [1.54, 1.807) is 12.1 Å². The molecule has 1 aromatic rings. The van der Waals surface area contributed by atoms with Crippen LogP contribution in [0.15, 0.2) is 17.3 Å². The molecule has 3 nitrogen and oxygen atoms in total. The summed E-state index contributed by atoms with van der Waals surface area (Å²) in [6, 6.07) is 3.31. The second-order valence-corrected chi connectivity index (χ2v) is 3.69. The van der Waals surface area contributed by atoms with Gasteiger partial charge in [-0.2, -0.15) is 0 Å². The molecule has 0 spiro atoms. The molecule has 1 heterocycles. The molecule has 1 N–H and O–H groups in total. The lowest BCUT2D eigenvalue weighted by Gasteiger charge is -2.20. The summed E-state index contributed by atoms with van der Waals surface area (Å²) in [4.78, 5) is 0. The molecule has 0 bridgehead atoms. The second-order valence-electron chi connectivity index (χ2n) is 2.88. The van der Waals surface area contributed by atoms with Crippen molar-refractivity contribution in [3.8, 4) is 5.75 Å². The molecule has 1 aromatic carbocycles. The average Bonchev–Trinajstić information content (AvgIpc) is 2.23. The van der Waals surface area contributed by atoms with Crippen LogP contribution in [0.25, 0.3) is 0 Å². The molecule has 5 heteroatoms. The van der Waals surface area contributed by atoms with E-state index >= 15 is 0 Å². The number of benzene rings is 1. The largest absolute Gasteiger partial charge is 0.491 e. The number of hydrogen-bond donors (Lipinski definition) is 1. The van der Waals surface area contributed by atoms with E-state index in [0.717, 1.165) is 0 Å². The van der Waals surface area contributed by atoms with Crippen molar-refractivity contribution in [3.63, 3.8) is 0 Å². The van der Waals surface area contributed by atoms with Crippen LogP contribution in [0.5, 0.6) is 5.75 Å². The summed E-state index contributed by atoms with van der Waals surface area (Å²) >= 11 is 11.9. The fraction of sp³-hybridized carbons (Fsp3) is 0.222. The third kappa shape index (κ3) is 1.42. The first-order valence-corrected chi connectivity index (χ1v) is 4.81. The Balaban J connectivity index is 2.67. The summed E-state index contributed by atoms with van der Waals surface area (Å²) < 4.78 is 5.36. The minimum Gasteiger partial charge on any atom is -0.491 e. The van der Waals surface area contributed by atoms with E-state index in [0.29, 0.717) is 40.1 Å². The maximum Gasteiger partial charge on any atom is 0.148 e. The molecule has 0 amide bonds. The van der Waals surface area contributed by atoms with Crippen LogP contribution in [-0.4, -0.2) is 17.5 Å². The molecular formula is C9H7Cl2NO2. The predicted molar refractivity (Wildman–Crippen MR) is 54.9 cm³/mol. The highest BCUT2D eigenvalue weighted by atomic mass is 35.5. The highest BCUT2D eigenvalue weighted by Crippen LogP contribution is 2.37. The van der Waals surface area contributed by atoms with Crippen LogP contribution >= 0.6 is 23.2 Å². The van der Waals surface area contributed by atoms with Gasteiger partial charge in [-0.05, 0) is 12.1 Å². The minimum absolute atomic E-state index is 0.451. The van der Waals surface area contributed by atoms with Crippen LogP contribution in [-0.2, 0) is 0 Å². The summed E-state index contributed by atoms with van der Waals surface area (Å²) in [5.74, 6) is 0.498. The number of fused-ring (bicyclic) bond motifs is 1. The van der Waals surface area contributed by atoms with Crippen LogP contribution in [0.1, 0.15) is 12.0 Å². The van der Waals surface area contributed by atoms with E-state index in [1.807, 2.05) is 0 Å². The number of oxime groups is 1. The highest BCUT2D eigenvalue weighted by molar-refractivity contribution is 6.37. The Labute approximate surface area is 90.9 Å². The van der Waals surface area contributed by atoms with Gasteiger partial charge in [0.2, 0.25) is 0 Å².